The minimum Gasteiger partial charge on any atom is -0.353 e. The molecule has 1 aromatic heterocycles. The third kappa shape index (κ3) is 1.02. The Morgan fingerprint density at radius 1 is 0.917 bits per heavy atom. The van der Waals surface area contributed by atoms with Crippen molar-refractivity contribution in [1.29, 1.82) is 0 Å². The van der Waals surface area contributed by atoms with Crippen molar-refractivity contribution >= 4 is 11.6 Å². The van der Waals surface area contributed by atoms with Gasteiger partial charge in [0.2, 0.25) is 0 Å². The van der Waals surface area contributed by atoms with Gasteiger partial charge < -0.3 is 9.80 Å². The lowest BCUT2D eigenvalue weighted by Gasteiger charge is -2.04. The van der Waals surface area contributed by atoms with E-state index in [4.69, 9.17) is 0 Å². The molecule has 62 valence electrons. The van der Waals surface area contributed by atoms with Crippen molar-refractivity contribution in [2.45, 2.75) is 0 Å². The van der Waals surface area contributed by atoms with Crippen LogP contribution in [0.15, 0.2) is 18.2 Å². The number of aromatic nitrogens is 1. The minimum atomic E-state index is 1.14. The van der Waals surface area contributed by atoms with Crippen LogP contribution in [0.25, 0.3) is 0 Å². The van der Waals surface area contributed by atoms with Gasteiger partial charge in [-0.15, -0.1) is 0 Å². The van der Waals surface area contributed by atoms with Crippen molar-refractivity contribution in [2.24, 2.45) is 0 Å². The molecule has 0 aromatic carbocycles. The number of hydrogen-bond donors (Lipinski definition) is 0. The van der Waals surface area contributed by atoms with Crippen LogP contribution in [-0.4, -0.2) is 31.2 Å². The smallest absolute Gasteiger partial charge is 0.131 e. The molecule has 2 fully saturated rings. The number of anilines is 2. The highest BCUT2D eigenvalue weighted by Crippen LogP contribution is 2.24. The summed E-state index contributed by atoms with van der Waals surface area (Å²) in [4.78, 5) is 9.09. The van der Waals surface area contributed by atoms with Crippen molar-refractivity contribution in [2.75, 3.05) is 36.0 Å². The maximum atomic E-state index is 4.55. The van der Waals surface area contributed by atoms with Gasteiger partial charge in [-0.25, -0.2) is 4.98 Å². The van der Waals surface area contributed by atoms with Crippen LogP contribution in [0.4, 0.5) is 11.6 Å². The van der Waals surface area contributed by atoms with Gasteiger partial charge in [-0.2, -0.15) is 0 Å². The second kappa shape index (κ2) is 2.12. The maximum Gasteiger partial charge on any atom is 0.131 e. The molecule has 0 spiro atoms. The molecule has 12 heavy (non-hydrogen) atoms. The van der Waals surface area contributed by atoms with Crippen molar-refractivity contribution in [3.05, 3.63) is 18.2 Å². The van der Waals surface area contributed by atoms with Gasteiger partial charge in [0.1, 0.15) is 11.6 Å². The lowest BCUT2D eigenvalue weighted by molar-refractivity contribution is 1.18. The summed E-state index contributed by atoms with van der Waals surface area (Å²) in [6.45, 7) is 4.71. The highest BCUT2D eigenvalue weighted by molar-refractivity contribution is 5.53. The first-order valence-corrected chi connectivity index (χ1v) is 4.40. The van der Waals surface area contributed by atoms with Crippen LogP contribution >= 0.6 is 0 Å². The van der Waals surface area contributed by atoms with Crippen molar-refractivity contribution in [1.82, 2.24) is 4.98 Å². The van der Waals surface area contributed by atoms with Crippen molar-refractivity contribution in [3.63, 3.8) is 0 Å². The highest BCUT2D eigenvalue weighted by atomic mass is 15.3. The Balaban J connectivity index is 1.93. The lowest BCUT2D eigenvalue weighted by Crippen LogP contribution is -1.99. The molecule has 1 aromatic rings. The predicted molar refractivity (Wildman–Crippen MR) is 48.7 cm³/mol. The fourth-order valence-electron chi connectivity index (χ4n) is 1.32. The van der Waals surface area contributed by atoms with Gasteiger partial charge in [-0.1, -0.05) is 6.07 Å². The molecule has 2 aliphatic heterocycles. The summed E-state index contributed by atoms with van der Waals surface area (Å²) in [5.74, 6) is 2.28. The third-order valence-corrected chi connectivity index (χ3v) is 2.26. The van der Waals surface area contributed by atoms with Crippen molar-refractivity contribution < 1.29 is 0 Å². The van der Waals surface area contributed by atoms with Crippen LogP contribution in [0.5, 0.6) is 0 Å². The Labute approximate surface area is 71.6 Å². The molecule has 0 amide bonds. The maximum absolute atomic E-state index is 4.55. The van der Waals surface area contributed by atoms with E-state index in [1.807, 2.05) is 0 Å². The zero-order valence-corrected chi connectivity index (χ0v) is 6.90. The Morgan fingerprint density at radius 2 is 1.42 bits per heavy atom. The van der Waals surface area contributed by atoms with Gasteiger partial charge in [0.15, 0.2) is 0 Å². The molecule has 2 aliphatic rings. The van der Waals surface area contributed by atoms with E-state index < -0.39 is 0 Å². The van der Waals surface area contributed by atoms with E-state index in [1.54, 1.807) is 0 Å². The fourth-order valence-corrected chi connectivity index (χ4v) is 1.32. The highest BCUT2D eigenvalue weighted by Gasteiger charge is 2.23. The Morgan fingerprint density at radius 3 is 1.83 bits per heavy atom. The summed E-state index contributed by atoms with van der Waals surface area (Å²) in [5.41, 5.74) is 0. The summed E-state index contributed by atoms with van der Waals surface area (Å²) >= 11 is 0. The molecule has 2 saturated heterocycles. The van der Waals surface area contributed by atoms with E-state index >= 15 is 0 Å². The van der Waals surface area contributed by atoms with Gasteiger partial charge >= 0.3 is 0 Å². The van der Waals surface area contributed by atoms with Crippen LogP contribution in [0.1, 0.15) is 0 Å². The average molecular weight is 161 g/mol. The van der Waals surface area contributed by atoms with Gasteiger partial charge in [-0.3, -0.25) is 0 Å². The van der Waals surface area contributed by atoms with Crippen LogP contribution in [0, 0.1) is 0 Å². The van der Waals surface area contributed by atoms with Gasteiger partial charge in [0.05, 0.1) is 0 Å². The number of hydrogen-bond acceptors (Lipinski definition) is 3. The van der Waals surface area contributed by atoms with Crippen LogP contribution in [0.3, 0.4) is 0 Å². The second-order valence-corrected chi connectivity index (χ2v) is 3.33. The summed E-state index contributed by atoms with van der Waals surface area (Å²) in [5, 5.41) is 0. The summed E-state index contributed by atoms with van der Waals surface area (Å²) < 4.78 is 0. The summed E-state index contributed by atoms with van der Waals surface area (Å²) in [6, 6.07) is 6.26. The van der Waals surface area contributed by atoms with E-state index in [2.05, 4.69) is 33.0 Å². The molecule has 3 nitrogen and oxygen atoms in total. The molecule has 0 atom stereocenters. The monoisotopic (exact) mass is 161 g/mol. The van der Waals surface area contributed by atoms with E-state index in [0.29, 0.717) is 0 Å². The van der Waals surface area contributed by atoms with Gasteiger partial charge in [-0.05, 0) is 12.1 Å². The molecule has 3 heterocycles. The fraction of sp³-hybridized carbons (Fsp3) is 0.444. The van der Waals surface area contributed by atoms with Gasteiger partial charge in [0.25, 0.3) is 0 Å². The molecule has 0 N–H and O–H groups in total. The quantitative estimate of drug-likeness (QED) is 0.596. The van der Waals surface area contributed by atoms with Gasteiger partial charge in [0, 0.05) is 26.2 Å². The molecule has 0 saturated carbocycles. The van der Waals surface area contributed by atoms with E-state index in [0.717, 1.165) is 11.6 Å². The third-order valence-electron chi connectivity index (χ3n) is 2.26. The summed E-state index contributed by atoms with van der Waals surface area (Å²) in [7, 11) is 0. The topological polar surface area (TPSA) is 18.9 Å². The number of rotatable bonds is 2. The predicted octanol–water partition coefficient (Wildman–Crippen LogP) is 0.722. The van der Waals surface area contributed by atoms with Crippen LogP contribution < -0.4 is 9.80 Å². The zero-order chi connectivity index (χ0) is 7.97. The first kappa shape index (κ1) is 6.29. The molecule has 0 unspecified atom stereocenters. The minimum absolute atomic E-state index is 1.14. The first-order chi connectivity index (χ1) is 5.93. The normalized spacial score (nSPS) is 19.7. The van der Waals surface area contributed by atoms with E-state index in [9.17, 15) is 0 Å². The second-order valence-electron chi connectivity index (χ2n) is 3.33. The summed E-state index contributed by atoms with van der Waals surface area (Å²) in [6.07, 6.45) is 0. The Kier molecular flexibility index (Phi) is 1.11. The first-order valence-electron chi connectivity index (χ1n) is 4.40. The average Bonchev–Trinajstić information content (AvgIpc) is 2.98. The molecule has 0 radical (unpaired) electrons. The lowest BCUT2D eigenvalue weighted by atomic mass is 10.4. The largest absolute Gasteiger partial charge is 0.353 e. The standard InChI is InChI=1S/C9H11N3/c1-2-8(11-4-5-11)10-9(3-1)12-6-7-12/h1-3H,4-7H2. The van der Waals surface area contributed by atoms with E-state index in [-0.39, 0.29) is 0 Å². The molecular formula is C9H11N3. The van der Waals surface area contributed by atoms with E-state index in [1.165, 1.54) is 26.2 Å². The van der Waals surface area contributed by atoms with Crippen molar-refractivity contribution in [3.8, 4) is 0 Å². The molecule has 3 rings (SSSR count). The zero-order valence-electron chi connectivity index (χ0n) is 6.90. The van der Waals surface area contributed by atoms with Crippen LogP contribution in [0.2, 0.25) is 0 Å². The molecule has 0 aliphatic carbocycles. The Hall–Kier alpha value is -1.25. The molecule has 3 heteroatoms. The number of pyridine rings is 1. The number of nitrogens with zero attached hydrogens (tertiary/aromatic N) is 3. The SMILES string of the molecule is c1cc(N2CC2)nc(N2CC2)c1. The molecule has 0 bridgehead atoms. The molecular weight excluding hydrogens is 150 g/mol. The Bertz CT molecular complexity index is 275. The van der Waals surface area contributed by atoms with Crippen LogP contribution in [-0.2, 0) is 0 Å².